The van der Waals surface area contributed by atoms with Gasteiger partial charge in [-0.25, -0.2) is 4.79 Å². The fourth-order valence-electron chi connectivity index (χ4n) is 1.08. The lowest BCUT2D eigenvalue weighted by molar-refractivity contribution is -0.0773. The molecule has 0 aliphatic heterocycles. The van der Waals surface area contributed by atoms with E-state index in [1.807, 2.05) is 25.7 Å². The fraction of sp³-hybridized carbons (Fsp3) is 0.900. The van der Waals surface area contributed by atoms with Crippen LogP contribution >= 0.6 is 0 Å². The Bertz CT molecular complexity index is 184. The van der Waals surface area contributed by atoms with Gasteiger partial charge in [-0.05, 0) is 20.0 Å². The van der Waals surface area contributed by atoms with Crippen LogP contribution in [0.5, 0.6) is 0 Å². The van der Waals surface area contributed by atoms with Crippen LogP contribution in [0.3, 0.4) is 0 Å². The molecular weight excluding hydrogens is 196 g/mol. The van der Waals surface area contributed by atoms with Crippen LogP contribution in [0.2, 0.25) is 0 Å². The van der Waals surface area contributed by atoms with Gasteiger partial charge in [0.1, 0.15) is 0 Å². The first-order valence-electron chi connectivity index (χ1n) is 5.37. The van der Waals surface area contributed by atoms with Crippen LogP contribution in [0.4, 0.5) is 4.79 Å². The number of carbonyl (C=O) groups is 1. The molecule has 0 saturated heterocycles. The lowest BCUT2D eigenvalue weighted by Gasteiger charge is -2.23. The number of likely N-dealkylation sites (N-methyl/N-ethyl adjacent to an activating group) is 1. The fourth-order valence-corrected chi connectivity index (χ4v) is 1.08. The van der Waals surface area contributed by atoms with Gasteiger partial charge in [0.2, 0.25) is 6.29 Å². The minimum atomic E-state index is -1.05. The monoisotopic (exact) mass is 218 g/mol. The van der Waals surface area contributed by atoms with Gasteiger partial charge < -0.3 is 14.7 Å². The van der Waals surface area contributed by atoms with Crippen molar-refractivity contribution in [3.63, 3.8) is 0 Å². The summed E-state index contributed by atoms with van der Waals surface area (Å²) in [5.74, 6) is 0. The third-order valence-electron chi connectivity index (χ3n) is 2.33. The van der Waals surface area contributed by atoms with Gasteiger partial charge in [0.15, 0.2) is 0 Å². The molecule has 0 aromatic heterocycles. The second kappa shape index (κ2) is 7.48. The Morgan fingerprint density at radius 3 is 2.20 bits per heavy atom. The summed E-state index contributed by atoms with van der Waals surface area (Å²) in [7, 11) is 1.63. The third-order valence-corrected chi connectivity index (χ3v) is 2.33. The first kappa shape index (κ1) is 14.2. The van der Waals surface area contributed by atoms with E-state index < -0.39 is 12.4 Å². The van der Waals surface area contributed by atoms with Gasteiger partial charge in [-0.2, -0.15) is 0 Å². The Kier molecular flexibility index (Phi) is 7.07. The molecule has 0 aliphatic carbocycles. The van der Waals surface area contributed by atoms with E-state index in [1.165, 1.54) is 4.90 Å². The number of carbonyl (C=O) groups excluding carboxylic acids is 1. The third kappa shape index (κ3) is 5.59. The molecule has 0 saturated carbocycles. The Balaban J connectivity index is 3.91. The summed E-state index contributed by atoms with van der Waals surface area (Å²) in [6.45, 7) is 8.42. The number of hydrogen-bond acceptors (Lipinski definition) is 4. The van der Waals surface area contributed by atoms with Crippen molar-refractivity contribution >= 4 is 6.09 Å². The van der Waals surface area contributed by atoms with E-state index in [2.05, 4.69) is 0 Å². The van der Waals surface area contributed by atoms with Gasteiger partial charge in [0.05, 0.1) is 6.54 Å². The number of aliphatic hydroxyl groups is 1. The van der Waals surface area contributed by atoms with Gasteiger partial charge in [-0.15, -0.1) is 0 Å². The van der Waals surface area contributed by atoms with Crippen LogP contribution in [0, 0.1) is 0 Å². The van der Waals surface area contributed by atoms with Crippen molar-refractivity contribution in [1.29, 1.82) is 0 Å². The number of rotatable bonds is 6. The molecule has 1 atom stereocenters. The number of ether oxygens (including phenoxy) is 1. The smallest absolute Gasteiger partial charge is 0.411 e. The minimum absolute atomic E-state index is 0.357. The Hall–Kier alpha value is -0.810. The lowest BCUT2D eigenvalue weighted by Crippen LogP contribution is -2.38. The minimum Gasteiger partial charge on any atom is -0.418 e. The molecule has 0 fully saturated rings. The summed E-state index contributed by atoms with van der Waals surface area (Å²) in [6.07, 6.45) is -1.54. The Labute approximate surface area is 91.6 Å². The lowest BCUT2D eigenvalue weighted by atomic mass is 10.4. The van der Waals surface area contributed by atoms with E-state index in [9.17, 15) is 9.90 Å². The van der Waals surface area contributed by atoms with Gasteiger partial charge in [-0.1, -0.05) is 13.8 Å². The number of amides is 1. The van der Waals surface area contributed by atoms with E-state index in [-0.39, 0.29) is 0 Å². The van der Waals surface area contributed by atoms with E-state index in [0.717, 1.165) is 13.1 Å². The average molecular weight is 218 g/mol. The van der Waals surface area contributed by atoms with Gasteiger partial charge in [0, 0.05) is 13.6 Å². The van der Waals surface area contributed by atoms with Crippen molar-refractivity contribution < 1.29 is 14.6 Å². The predicted octanol–water partition coefficient (Wildman–Crippen LogP) is 0.735. The second-order valence-corrected chi connectivity index (χ2v) is 3.34. The molecule has 0 aromatic rings. The molecular formula is C10H22N2O3. The molecule has 0 bridgehead atoms. The van der Waals surface area contributed by atoms with Crippen LogP contribution in [0.15, 0.2) is 0 Å². The highest BCUT2D eigenvalue weighted by Gasteiger charge is 2.15. The topological polar surface area (TPSA) is 53.0 Å². The van der Waals surface area contributed by atoms with Gasteiger partial charge >= 0.3 is 6.09 Å². The highest BCUT2D eigenvalue weighted by atomic mass is 16.6. The molecule has 1 unspecified atom stereocenters. The van der Waals surface area contributed by atoms with Gasteiger partial charge in [-0.3, -0.25) is 4.90 Å². The normalized spacial score (nSPS) is 12.7. The number of hydrogen-bond donors (Lipinski definition) is 1. The molecule has 0 spiro atoms. The maximum Gasteiger partial charge on any atom is 0.411 e. The van der Waals surface area contributed by atoms with E-state index in [4.69, 9.17) is 4.74 Å². The van der Waals surface area contributed by atoms with Crippen molar-refractivity contribution in [2.24, 2.45) is 0 Å². The average Bonchev–Trinajstić information content (AvgIpc) is 2.24. The molecule has 1 N–H and O–H groups in total. The maximum atomic E-state index is 11.3. The second-order valence-electron chi connectivity index (χ2n) is 3.34. The molecule has 0 aliphatic rings. The molecule has 0 aromatic carbocycles. The van der Waals surface area contributed by atoms with Crippen molar-refractivity contribution in [3.8, 4) is 0 Å². The Morgan fingerprint density at radius 2 is 1.80 bits per heavy atom. The van der Waals surface area contributed by atoms with Crippen LogP contribution in [0.25, 0.3) is 0 Å². The zero-order chi connectivity index (χ0) is 11.8. The van der Waals surface area contributed by atoms with E-state index in [1.54, 1.807) is 7.05 Å². The highest BCUT2D eigenvalue weighted by molar-refractivity contribution is 5.67. The molecule has 5 heteroatoms. The molecule has 1 amide bonds. The van der Waals surface area contributed by atoms with E-state index in [0.29, 0.717) is 13.1 Å². The quantitative estimate of drug-likeness (QED) is 0.668. The first-order chi connectivity index (χ1) is 7.04. The SMILES string of the molecule is CCN(CC)CC(O)OC(=O)N(C)CC. The molecule has 0 rings (SSSR count). The van der Waals surface area contributed by atoms with Crippen molar-refractivity contribution in [3.05, 3.63) is 0 Å². The molecule has 5 nitrogen and oxygen atoms in total. The standard InChI is InChI=1S/C10H22N2O3/c1-5-11(4)10(14)15-9(13)8-12(6-2)7-3/h9,13H,5-8H2,1-4H3. The summed E-state index contributed by atoms with van der Waals surface area (Å²) in [5, 5.41) is 9.49. The van der Waals surface area contributed by atoms with Crippen molar-refractivity contribution in [2.75, 3.05) is 33.2 Å². The van der Waals surface area contributed by atoms with Crippen molar-refractivity contribution in [1.82, 2.24) is 9.80 Å². The molecule has 90 valence electrons. The Morgan fingerprint density at radius 1 is 1.27 bits per heavy atom. The summed E-state index contributed by atoms with van der Waals surface area (Å²) in [6, 6.07) is 0. The summed E-state index contributed by atoms with van der Waals surface area (Å²) < 4.78 is 4.84. The van der Waals surface area contributed by atoms with E-state index >= 15 is 0 Å². The van der Waals surface area contributed by atoms with Crippen LogP contribution < -0.4 is 0 Å². The zero-order valence-electron chi connectivity index (χ0n) is 10.1. The number of nitrogens with zero attached hydrogens (tertiary/aromatic N) is 2. The highest BCUT2D eigenvalue weighted by Crippen LogP contribution is 1.97. The van der Waals surface area contributed by atoms with Crippen LogP contribution in [-0.4, -0.2) is 60.5 Å². The summed E-state index contributed by atoms with van der Waals surface area (Å²) in [4.78, 5) is 14.7. The van der Waals surface area contributed by atoms with Crippen LogP contribution in [-0.2, 0) is 4.74 Å². The molecule has 0 radical (unpaired) electrons. The number of aliphatic hydroxyl groups excluding tert-OH is 1. The van der Waals surface area contributed by atoms with Gasteiger partial charge in [0.25, 0.3) is 0 Å². The maximum absolute atomic E-state index is 11.3. The first-order valence-corrected chi connectivity index (χ1v) is 5.37. The summed E-state index contributed by atoms with van der Waals surface area (Å²) >= 11 is 0. The summed E-state index contributed by atoms with van der Waals surface area (Å²) in [5.41, 5.74) is 0. The molecule has 15 heavy (non-hydrogen) atoms. The molecule has 0 heterocycles. The zero-order valence-corrected chi connectivity index (χ0v) is 10.1. The largest absolute Gasteiger partial charge is 0.418 e. The predicted molar refractivity (Wildman–Crippen MR) is 58.6 cm³/mol. The van der Waals surface area contributed by atoms with Crippen molar-refractivity contribution in [2.45, 2.75) is 27.1 Å². The van der Waals surface area contributed by atoms with Crippen LogP contribution in [0.1, 0.15) is 20.8 Å².